The largest absolute Gasteiger partial charge is 0.469 e. The Hall–Kier alpha value is -2.74. The molecule has 23 heavy (non-hydrogen) atoms. The fraction of sp³-hybridized carbons (Fsp3) is 0.333. The van der Waals surface area contributed by atoms with E-state index >= 15 is 0 Å². The maximum Gasteiger partial charge on any atom is 0.307 e. The van der Waals surface area contributed by atoms with Gasteiger partial charge in [-0.1, -0.05) is 18.2 Å². The predicted molar refractivity (Wildman–Crippen MR) is 85.0 cm³/mol. The van der Waals surface area contributed by atoms with Crippen LogP contribution < -0.4 is 5.32 Å². The lowest BCUT2D eigenvalue weighted by Crippen LogP contribution is -2.43. The number of hydrogen-bond acceptors (Lipinski definition) is 6. The van der Waals surface area contributed by atoms with Gasteiger partial charge in [0.15, 0.2) is 0 Å². The molecule has 0 heterocycles. The van der Waals surface area contributed by atoms with Gasteiger partial charge in [0.1, 0.15) is 11.7 Å². The molecule has 0 fully saturated rings. The van der Waals surface area contributed by atoms with Gasteiger partial charge in [-0.25, -0.2) is 0 Å². The van der Waals surface area contributed by atoms with E-state index < -0.39 is 22.8 Å². The van der Waals surface area contributed by atoms with Crippen LogP contribution in [0.1, 0.15) is 6.42 Å². The van der Waals surface area contributed by atoms with Crippen molar-refractivity contribution in [3.63, 3.8) is 0 Å². The molecular formula is C15H19N3O5. The molecule has 0 bridgehead atoms. The molecule has 124 valence electrons. The van der Waals surface area contributed by atoms with Gasteiger partial charge in [-0.05, 0) is 13.1 Å². The second-order valence-electron chi connectivity index (χ2n) is 4.79. The maximum atomic E-state index is 12.4. The van der Waals surface area contributed by atoms with E-state index in [9.17, 15) is 19.7 Å². The smallest absolute Gasteiger partial charge is 0.307 e. The summed E-state index contributed by atoms with van der Waals surface area (Å²) < 4.78 is 4.59. The van der Waals surface area contributed by atoms with Crippen molar-refractivity contribution in [1.29, 1.82) is 0 Å². The number of hydrogen-bond donors (Lipinski definition) is 1. The predicted octanol–water partition coefficient (Wildman–Crippen LogP) is 1.58. The molecule has 1 N–H and O–H groups in total. The summed E-state index contributed by atoms with van der Waals surface area (Å²) in [6.45, 7) is 3.95. The Bertz CT molecular complexity index is 603. The normalized spacial score (nSPS) is 11.6. The minimum Gasteiger partial charge on any atom is -0.469 e. The van der Waals surface area contributed by atoms with E-state index in [-0.39, 0.29) is 17.8 Å². The van der Waals surface area contributed by atoms with Gasteiger partial charge in [-0.2, -0.15) is 0 Å². The molecule has 1 rings (SSSR count). The van der Waals surface area contributed by atoms with E-state index in [4.69, 9.17) is 0 Å². The van der Waals surface area contributed by atoms with Gasteiger partial charge < -0.3 is 10.1 Å². The Morgan fingerprint density at radius 3 is 2.70 bits per heavy atom. The molecule has 8 heteroatoms. The van der Waals surface area contributed by atoms with Crippen LogP contribution in [0.15, 0.2) is 36.9 Å². The Morgan fingerprint density at radius 2 is 2.13 bits per heavy atom. The van der Waals surface area contributed by atoms with Gasteiger partial charge in [-0.3, -0.25) is 24.6 Å². The van der Waals surface area contributed by atoms with Crippen molar-refractivity contribution >= 4 is 23.3 Å². The molecule has 1 aromatic rings. The first-order valence-electron chi connectivity index (χ1n) is 6.83. The molecule has 0 radical (unpaired) electrons. The zero-order chi connectivity index (χ0) is 17.4. The highest BCUT2D eigenvalue weighted by Gasteiger charge is 2.27. The molecule has 0 saturated carbocycles. The van der Waals surface area contributed by atoms with E-state index in [1.165, 1.54) is 25.3 Å². The number of nitro benzene ring substituents is 1. The molecule has 1 amide bonds. The highest BCUT2D eigenvalue weighted by atomic mass is 16.6. The lowest BCUT2D eigenvalue weighted by molar-refractivity contribution is -0.383. The van der Waals surface area contributed by atoms with Gasteiger partial charge in [-0.15, -0.1) is 6.58 Å². The molecule has 1 aromatic carbocycles. The number of nitro groups is 1. The van der Waals surface area contributed by atoms with Crippen molar-refractivity contribution in [1.82, 2.24) is 4.90 Å². The van der Waals surface area contributed by atoms with Gasteiger partial charge in [0.2, 0.25) is 5.91 Å². The Kier molecular flexibility index (Phi) is 6.88. The summed E-state index contributed by atoms with van der Waals surface area (Å²) in [7, 11) is 2.88. The summed E-state index contributed by atoms with van der Waals surface area (Å²) >= 11 is 0. The molecule has 0 saturated heterocycles. The number of esters is 1. The molecule has 8 nitrogen and oxygen atoms in total. The number of ether oxygens (including phenoxy) is 1. The van der Waals surface area contributed by atoms with E-state index in [2.05, 4.69) is 16.6 Å². The van der Waals surface area contributed by atoms with Crippen LogP contribution in [0, 0.1) is 10.1 Å². The summed E-state index contributed by atoms with van der Waals surface area (Å²) in [5.74, 6) is -1.09. The summed E-state index contributed by atoms with van der Waals surface area (Å²) in [6.07, 6.45) is 1.41. The van der Waals surface area contributed by atoms with Gasteiger partial charge in [0.25, 0.3) is 5.69 Å². The third-order valence-corrected chi connectivity index (χ3v) is 3.20. The van der Waals surface area contributed by atoms with Crippen molar-refractivity contribution in [2.45, 2.75) is 12.5 Å². The monoisotopic (exact) mass is 321 g/mol. The Morgan fingerprint density at radius 1 is 1.48 bits per heavy atom. The van der Waals surface area contributed by atoms with Crippen LogP contribution in [0.5, 0.6) is 0 Å². The summed E-state index contributed by atoms with van der Waals surface area (Å²) in [5, 5.41) is 13.5. The van der Waals surface area contributed by atoms with Gasteiger partial charge >= 0.3 is 5.97 Å². The van der Waals surface area contributed by atoms with Crippen molar-refractivity contribution in [3.8, 4) is 0 Å². The average molecular weight is 321 g/mol. The quantitative estimate of drug-likeness (QED) is 0.337. The van der Waals surface area contributed by atoms with Crippen molar-refractivity contribution in [2.24, 2.45) is 0 Å². The van der Waals surface area contributed by atoms with Crippen LogP contribution in [0.2, 0.25) is 0 Å². The second-order valence-corrected chi connectivity index (χ2v) is 4.79. The van der Waals surface area contributed by atoms with Crippen LogP contribution in [0.4, 0.5) is 11.4 Å². The van der Waals surface area contributed by atoms with Crippen molar-refractivity contribution in [2.75, 3.05) is 26.0 Å². The van der Waals surface area contributed by atoms with E-state index in [1.807, 2.05) is 0 Å². The van der Waals surface area contributed by atoms with Crippen LogP contribution in [-0.4, -0.2) is 48.4 Å². The minimum atomic E-state index is -0.833. The summed E-state index contributed by atoms with van der Waals surface area (Å²) in [5.41, 5.74) is -0.145. The van der Waals surface area contributed by atoms with Crippen molar-refractivity contribution in [3.05, 3.63) is 47.0 Å². The molecule has 1 atom stereocenters. The topological polar surface area (TPSA) is 102 Å². The van der Waals surface area contributed by atoms with Crippen LogP contribution in [0.3, 0.4) is 0 Å². The number of carbonyl (C=O) groups excluding carboxylic acids is 2. The summed E-state index contributed by atoms with van der Waals surface area (Å²) in [6, 6.07) is 4.96. The average Bonchev–Trinajstić information content (AvgIpc) is 2.52. The number of nitrogens with zero attached hydrogens (tertiary/aromatic N) is 2. The van der Waals surface area contributed by atoms with Gasteiger partial charge in [0.05, 0.1) is 18.5 Å². The number of methoxy groups -OCH3 is 1. The van der Waals surface area contributed by atoms with Crippen LogP contribution >= 0.6 is 0 Å². The molecule has 1 unspecified atom stereocenters. The van der Waals surface area contributed by atoms with E-state index in [0.717, 1.165) is 0 Å². The molecule has 0 aliphatic rings. The SMILES string of the molecule is C=CCN(C)C(CC(=O)OC)C(=O)Nc1ccccc1[N+](=O)[O-]. The molecule has 0 aromatic heterocycles. The Balaban J connectivity index is 2.99. The lowest BCUT2D eigenvalue weighted by Gasteiger charge is -2.25. The first-order chi connectivity index (χ1) is 10.9. The number of anilines is 1. The maximum absolute atomic E-state index is 12.4. The highest BCUT2D eigenvalue weighted by molar-refractivity contribution is 5.98. The fourth-order valence-corrected chi connectivity index (χ4v) is 1.98. The number of rotatable bonds is 8. The second kappa shape index (κ2) is 8.64. The first kappa shape index (κ1) is 18.3. The van der Waals surface area contributed by atoms with Crippen molar-refractivity contribution < 1.29 is 19.2 Å². The van der Waals surface area contributed by atoms with Crippen LogP contribution in [-0.2, 0) is 14.3 Å². The lowest BCUT2D eigenvalue weighted by atomic mass is 10.1. The number of likely N-dealkylation sites (N-methyl/N-ethyl adjacent to an activating group) is 1. The number of para-hydroxylation sites is 2. The zero-order valence-corrected chi connectivity index (χ0v) is 13.0. The standard InChI is InChI=1S/C15H19N3O5/c1-4-9-17(2)13(10-14(19)23-3)15(20)16-11-7-5-6-8-12(11)18(21)22/h4-8,13H,1,9-10H2,2-3H3,(H,16,20). The number of benzene rings is 1. The number of nitrogens with one attached hydrogen (secondary N) is 1. The third-order valence-electron chi connectivity index (χ3n) is 3.20. The molecule has 0 aliphatic carbocycles. The first-order valence-corrected chi connectivity index (χ1v) is 6.83. The molecular weight excluding hydrogens is 302 g/mol. The minimum absolute atomic E-state index is 0.0735. The third kappa shape index (κ3) is 5.19. The summed E-state index contributed by atoms with van der Waals surface area (Å²) in [4.78, 5) is 35.9. The fourth-order valence-electron chi connectivity index (χ4n) is 1.98. The van der Waals surface area contributed by atoms with Gasteiger partial charge in [0, 0.05) is 12.6 Å². The Labute approximate surface area is 133 Å². The van der Waals surface area contributed by atoms with E-state index in [1.54, 1.807) is 24.1 Å². The molecule has 0 aliphatic heterocycles. The zero-order valence-electron chi connectivity index (χ0n) is 13.0. The highest BCUT2D eigenvalue weighted by Crippen LogP contribution is 2.23. The van der Waals surface area contributed by atoms with Crippen LogP contribution in [0.25, 0.3) is 0 Å². The number of carbonyl (C=O) groups is 2. The number of amides is 1. The molecule has 0 spiro atoms. The van der Waals surface area contributed by atoms with E-state index in [0.29, 0.717) is 6.54 Å².